The Labute approximate surface area is 153 Å². The minimum absolute atomic E-state index is 0.252. The summed E-state index contributed by atoms with van der Waals surface area (Å²) in [5.74, 6) is 1.14. The van der Waals surface area contributed by atoms with E-state index >= 15 is 0 Å². The van der Waals surface area contributed by atoms with Crippen molar-refractivity contribution in [3.63, 3.8) is 0 Å². The first-order chi connectivity index (χ1) is 12.7. The van der Waals surface area contributed by atoms with Gasteiger partial charge in [0, 0.05) is 57.5 Å². The number of hydrogen-bond acceptors (Lipinski definition) is 6. The number of rotatable bonds is 3. The van der Waals surface area contributed by atoms with Crippen LogP contribution in [0.15, 0.2) is 43.1 Å². The third-order valence-corrected chi connectivity index (χ3v) is 5.71. The lowest BCUT2D eigenvalue weighted by atomic mass is 9.82. The van der Waals surface area contributed by atoms with Crippen LogP contribution in [0.5, 0.6) is 0 Å². The van der Waals surface area contributed by atoms with Gasteiger partial charge in [0.2, 0.25) is 5.91 Å². The maximum absolute atomic E-state index is 13.4. The van der Waals surface area contributed by atoms with E-state index in [-0.39, 0.29) is 5.91 Å². The van der Waals surface area contributed by atoms with Crippen LogP contribution in [0.25, 0.3) is 0 Å². The Morgan fingerprint density at radius 2 is 1.77 bits per heavy atom. The third-order valence-electron chi connectivity index (χ3n) is 5.71. The monoisotopic (exact) mass is 352 g/mol. The maximum Gasteiger partial charge on any atom is 0.243 e. The molecular weight excluding hydrogens is 328 g/mol. The highest BCUT2D eigenvalue weighted by molar-refractivity contribution is 5.87. The molecule has 1 amide bonds. The van der Waals surface area contributed by atoms with Gasteiger partial charge in [0.25, 0.3) is 0 Å². The fourth-order valence-corrected chi connectivity index (χ4v) is 4.06. The van der Waals surface area contributed by atoms with Gasteiger partial charge < -0.3 is 9.80 Å². The van der Waals surface area contributed by atoms with Crippen LogP contribution in [0.3, 0.4) is 0 Å². The Kier molecular flexibility index (Phi) is 4.55. The molecule has 1 spiro atoms. The molecule has 4 rings (SSSR count). The van der Waals surface area contributed by atoms with Gasteiger partial charge in [-0.2, -0.15) is 0 Å². The molecule has 0 saturated carbocycles. The van der Waals surface area contributed by atoms with Gasteiger partial charge in [0.1, 0.15) is 11.4 Å². The van der Waals surface area contributed by atoms with Crippen LogP contribution in [0.1, 0.15) is 18.4 Å². The van der Waals surface area contributed by atoms with E-state index in [1.54, 1.807) is 31.0 Å². The molecule has 0 aromatic carbocycles. The first-order valence-corrected chi connectivity index (χ1v) is 9.09. The Bertz CT molecular complexity index is 745. The maximum atomic E-state index is 13.4. The molecule has 0 aliphatic carbocycles. The van der Waals surface area contributed by atoms with E-state index in [1.807, 2.05) is 17.0 Å². The predicted molar refractivity (Wildman–Crippen MR) is 98.5 cm³/mol. The highest BCUT2D eigenvalue weighted by Crippen LogP contribution is 2.34. The number of amides is 1. The van der Waals surface area contributed by atoms with Crippen LogP contribution in [0, 0.1) is 0 Å². The lowest BCUT2D eigenvalue weighted by Crippen LogP contribution is -2.67. The van der Waals surface area contributed by atoms with Crippen molar-refractivity contribution in [3.8, 4) is 0 Å². The fraction of sp³-hybridized carbons (Fsp3) is 0.474. The number of nitrogens with zero attached hydrogens (tertiary/aromatic N) is 6. The summed E-state index contributed by atoms with van der Waals surface area (Å²) in [4.78, 5) is 32.5. The van der Waals surface area contributed by atoms with Gasteiger partial charge in [-0.15, -0.1) is 0 Å². The lowest BCUT2D eigenvalue weighted by Gasteiger charge is -2.51. The van der Waals surface area contributed by atoms with E-state index in [9.17, 15) is 4.79 Å². The van der Waals surface area contributed by atoms with Crippen LogP contribution in [0.2, 0.25) is 0 Å². The molecule has 0 atom stereocenters. The molecule has 136 valence electrons. The van der Waals surface area contributed by atoms with Gasteiger partial charge in [-0.05, 0) is 37.6 Å². The van der Waals surface area contributed by atoms with E-state index in [2.05, 4.69) is 31.8 Å². The Balaban J connectivity index is 1.49. The number of likely N-dealkylation sites (N-methyl/N-ethyl adjacent to an activating group) is 1. The van der Waals surface area contributed by atoms with E-state index < -0.39 is 5.54 Å². The quantitative estimate of drug-likeness (QED) is 0.827. The zero-order valence-electron chi connectivity index (χ0n) is 15.1. The fourth-order valence-electron chi connectivity index (χ4n) is 4.06. The smallest absolute Gasteiger partial charge is 0.243 e. The molecule has 4 heterocycles. The standard InChI is InChI=1S/C19H24N6O/c1-23-12-13-25(15-16-2-6-20-7-3-16)18(26)19(23)4-10-24(11-5-19)17-14-21-8-9-22-17/h2-3,6-9,14H,4-5,10-13,15H2,1H3. The summed E-state index contributed by atoms with van der Waals surface area (Å²) in [7, 11) is 2.08. The molecule has 2 aromatic rings. The molecular formula is C19H24N6O. The number of piperazine rings is 1. The Morgan fingerprint density at radius 3 is 2.46 bits per heavy atom. The zero-order valence-corrected chi connectivity index (χ0v) is 15.1. The largest absolute Gasteiger partial charge is 0.355 e. The van der Waals surface area contributed by atoms with E-state index in [0.29, 0.717) is 6.54 Å². The summed E-state index contributed by atoms with van der Waals surface area (Å²) in [6.45, 7) is 3.97. The van der Waals surface area contributed by atoms with Crippen molar-refractivity contribution in [2.75, 3.05) is 38.1 Å². The Hall–Kier alpha value is -2.54. The molecule has 0 radical (unpaired) electrons. The number of hydrogen-bond donors (Lipinski definition) is 0. The number of anilines is 1. The predicted octanol–water partition coefficient (Wildman–Crippen LogP) is 1.18. The van der Waals surface area contributed by atoms with Gasteiger partial charge in [0.15, 0.2) is 0 Å². The molecule has 7 nitrogen and oxygen atoms in total. The Morgan fingerprint density at radius 1 is 1.00 bits per heavy atom. The average molecular weight is 352 g/mol. The highest BCUT2D eigenvalue weighted by atomic mass is 16.2. The van der Waals surface area contributed by atoms with E-state index in [0.717, 1.165) is 50.4 Å². The molecule has 2 fully saturated rings. The lowest BCUT2D eigenvalue weighted by molar-refractivity contribution is -0.152. The number of carbonyl (C=O) groups is 1. The van der Waals surface area contributed by atoms with Crippen molar-refractivity contribution in [2.24, 2.45) is 0 Å². The van der Waals surface area contributed by atoms with Crippen LogP contribution >= 0.6 is 0 Å². The van der Waals surface area contributed by atoms with E-state index in [4.69, 9.17) is 0 Å². The van der Waals surface area contributed by atoms with Crippen molar-refractivity contribution in [3.05, 3.63) is 48.7 Å². The molecule has 0 unspecified atom stereocenters. The second kappa shape index (κ2) is 6.99. The van der Waals surface area contributed by atoms with Crippen molar-refractivity contribution < 1.29 is 4.79 Å². The van der Waals surface area contributed by atoms with Gasteiger partial charge in [-0.25, -0.2) is 4.98 Å². The van der Waals surface area contributed by atoms with Crippen molar-refractivity contribution in [1.29, 1.82) is 0 Å². The zero-order chi connectivity index (χ0) is 18.0. The molecule has 2 aromatic heterocycles. The second-order valence-corrected chi connectivity index (χ2v) is 7.09. The summed E-state index contributed by atoms with van der Waals surface area (Å²) in [5, 5.41) is 0. The minimum Gasteiger partial charge on any atom is -0.355 e. The topological polar surface area (TPSA) is 65.5 Å². The molecule has 0 bridgehead atoms. The van der Waals surface area contributed by atoms with Crippen LogP contribution in [-0.2, 0) is 11.3 Å². The van der Waals surface area contributed by atoms with Gasteiger partial charge in [-0.3, -0.25) is 19.7 Å². The summed E-state index contributed by atoms with van der Waals surface area (Å²) < 4.78 is 0. The molecule has 2 saturated heterocycles. The molecule has 2 aliphatic heterocycles. The number of aromatic nitrogens is 3. The van der Waals surface area contributed by atoms with Crippen LogP contribution < -0.4 is 4.90 Å². The second-order valence-electron chi connectivity index (χ2n) is 7.09. The average Bonchev–Trinajstić information content (AvgIpc) is 2.71. The normalized spacial score (nSPS) is 20.6. The first kappa shape index (κ1) is 16.9. The van der Waals surface area contributed by atoms with Crippen LogP contribution in [0.4, 0.5) is 5.82 Å². The summed E-state index contributed by atoms with van der Waals surface area (Å²) in [6.07, 6.45) is 10.4. The van der Waals surface area contributed by atoms with Gasteiger partial charge in [-0.1, -0.05) is 0 Å². The summed E-state index contributed by atoms with van der Waals surface area (Å²) in [6, 6.07) is 3.96. The number of carbonyl (C=O) groups excluding carboxylic acids is 1. The number of piperidine rings is 1. The van der Waals surface area contributed by atoms with Gasteiger partial charge >= 0.3 is 0 Å². The number of pyridine rings is 1. The SMILES string of the molecule is CN1CCN(Cc2ccncc2)C(=O)C12CCN(c1cnccn1)CC2. The van der Waals surface area contributed by atoms with Crippen LogP contribution in [-0.4, -0.2) is 69.4 Å². The highest BCUT2D eigenvalue weighted by Gasteiger charge is 2.49. The molecule has 2 aliphatic rings. The third kappa shape index (κ3) is 3.03. The van der Waals surface area contributed by atoms with Crippen molar-refractivity contribution in [2.45, 2.75) is 24.9 Å². The molecule has 7 heteroatoms. The summed E-state index contributed by atoms with van der Waals surface area (Å²) in [5.41, 5.74) is 0.731. The molecule has 0 N–H and O–H groups in total. The van der Waals surface area contributed by atoms with Crippen molar-refractivity contribution >= 4 is 11.7 Å². The minimum atomic E-state index is -0.399. The first-order valence-electron chi connectivity index (χ1n) is 9.09. The molecule has 26 heavy (non-hydrogen) atoms. The van der Waals surface area contributed by atoms with E-state index in [1.165, 1.54) is 0 Å². The van der Waals surface area contributed by atoms with Gasteiger partial charge in [0.05, 0.1) is 6.20 Å². The van der Waals surface area contributed by atoms with Crippen molar-refractivity contribution in [1.82, 2.24) is 24.8 Å². The summed E-state index contributed by atoms with van der Waals surface area (Å²) >= 11 is 0.